The summed E-state index contributed by atoms with van der Waals surface area (Å²) in [4.78, 5) is 27.4. The van der Waals surface area contributed by atoms with E-state index in [4.69, 9.17) is 21.1 Å². The third kappa shape index (κ3) is 4.92. The molecule has 1 aliphatic heterocycles. The summed E-state index contributed by atoms with van der Waals surface area (Å²) in [6, 6.07) is 17.2. The predicted octanol–water partition coefficient (Wildman–Crippen LogP) is 6.69. The Labute approximate surface area is 201 Å². The van der Waals surface area contributed by atoms with Gasteiger partial charge in [-0.15, -0.1) is 0 Å². The quantitative estimate of drug-likeness (QED) is 0.266. The molecule has 1 saturated heterocycles. The molecule has 3 aromatic carbocycles. The van der Waals surface area contributed by atoms with E-state index in [0.717, 1.165) is 28.1 Å². The molecule has 1 aliphatic rings. The zero-order chi connectivity index (χ0) is 23.4. The monoisotopic (exact) mass is 479 g/mol. The van der Waals surface area contributed by atoms with E-state index in [2.05, 4.69) is 6.58 Å². The number of imide groups is 1. The second-order valence-corrected chi connectivity index (χ2v) is 8.67. The molecule has 33 heavy (non-hydrogen) atoms. The Morgan fingerprint density at radius 1 is 1.09 bits per heavy atom. The molecule has 1 fully saturated rings. The van der Waals surface area contributed by atoms with Gasteiger partial charge in [-0.1, -0.05) is 66.7 Å². The van der Waals surface area contributed by atoms with Gasteiger partial charge >= 0.3 is 0 Å². The normalized spacial score (nSPS) is 14.8. The van der Waals surface area contributed by atoms with Gasteiger partial charge in [-0.05, 0) is 58.8 Å². The number of fused-ring (bicyclic) bond motifs is 1. The summed E-state index contributed by atoms with van der Waals surface area (Å²) in [5, 5.41) is 2.13. The van der Waals surface area contributed by atoms with Gasteiger partial charge in [0.1, 0.15) is 6.61 Å². The van der Waals surface area contributed by atoms with E-state index in [1.807, 2.05) is 49.4 Å². The summed E-state index contributed by atoms with van der Waals surface area (Å²) < 4.78 is 11.3. The maximum absolute atomic E-state index is 13.1. The highest BCUT2D eigenvalue weighted by atomic mass is 35.5. The van der Waals surface area contributed by atoms with E-state index in [0.29, 0.717) is 33.6 Å². The first-order valence-electron chi connectivity index (χ1n) is 10.4. The maximum atomic E-state index is 13.1. The molecule has 3 aromatic rings. The molecule has 0 aliphatic carbocycles. The number of hydrogen-bond acceptors (Lipinski definition) is 5. The van der Waals surface area contributed by atoms with E-state index >= 15 is 0 Å². The molecular formula is C26H22ClNO4S. The first kappa shape index (κ1) is 23.0. The minimum Gasteiger partial charge on any atom is -0.490 e. The Morgan fingerprint density at radius 2 is 1.88 bits per heavy atom. The third-order valence-corrected chi connectivity index (χ3v) is 6.25. The summed E-state index contributed by atoms with van der Waals surface area (Å²) in [7, 11) is 0. The molecule has 0 saturated carbocycles. The van der Waals surface area contributed by atoms with Gasteiger partial charge in [0.05, 0.1) is 23.1 Å². The molecule has 0 radical (unpaired) electrons. The van der Waals surface area contributed by atoms with Gasteiger partial charge in [-0.25, -0.2) is 0 Å². The predicted molar refractivity (Wildman–Crippen MR) is 134 cm³/mol. The van der Waals surface area contributed by atoms with Crippen molar-refractivity contribution in [3.8, 4) is 11.5 Å². The van der Waals surface area contributed by atoms with Crippen LogP contribution in [0.3, 0.4) is 0 Å². The Morgan fingerprint density at radius 3 is 2.67 bits per heavy atom. The largest absolute Gasteiger partial charge is 0.490 e. The Hall–Kier alpha value is -3.22. The van der Waals surface area contributed by atoms with Crippen molar-refractivity contribution in [1.29, 1.82) is 0 Å². The van der Waals surface area contributed by atoms with Crippen LogP contribution in [0.5, 0.6) is 11.5 Å². The molecule has 0 aromatic heterocycles. The second kappa shape index (κ2) is 10.1. The summed E-state index contributed by atoms with van der Waals surface area (Å²) in [5.41, 5.74) is 1.56. The van der Waals surface area contributed by atoms with Crippen molar-refractivity contribution in [3.05, 3.63) is 88.3 Å². The smallest absolute Gasteiger partial charge is 0.293 e. The molecule has 5 nitrogen and oxygen atoms in total. The number of carbonyl (C=O) groups excluding carboxylic acids is 2. The van der Waals surface area contributed by atoms with Gasteiger partial charge < -0.3 is 9.47 Å². The molecule has 4 rings (SSSR count). The van der Waals surface area contributed by atoms with Gasteiger partial charge in [-0.3, -0.25) is 14.5 Å². The number of carbonyl (C=O) groups is 2. The van der Waals surface area contributed by atoms with Crippen LogP contribution in [-0.4, -0.2) is 29.3 Å². The standard InChI is InChI=1S/C26H22ClNO4S/c1-3-12-32-24-21(27)13-17(14-22(24)31-4-2)15-23-25(29)28(26(30)33-23)16-19-10-7-9-18-8-5-6-11-20(18)19/h3,5-11,13-15H,1,4,12,16H2,2H3/b23-15-. The number of ether oxygens (including phenoxy) is 2. The van der Waals surface area contributed by atoms with Crippen molar-refractivity contribution in [2.75, 3.05) is 13.2 Å². The first-order chi connectivity index (χ1) is 16.0. The van der Waals surface area contributed by atoms with Gasteiger partial charge in [0.2, 0.25) is 0 Å². The van der Waals surface area contributed by atoms with Crippen LogP contribution < -0.4 is 9.47 Å². The van der Waals surface area contributed by atoms with Crippen LogP contribution in [0.4, 0.5) is 4.79 Å². The SMILES string of the molecule is C=CCOc1c(Cl)cc(/C=C2\SC(=O)N(Cc3cccc4ccccc34)C2=O)cc1OCC. The van der Waals surface area contributed by atoms with Crippen LogP contribution in [0, 0.1) is 0 Å². The summed E-state index contributed by atoms with van der Waals surface area (Å²) in [5.74, 6) is 0.548. The van der Waals surface area contributed by atoms with Crippen molar-refractivity contribution in [1.82, 2.24) is 4.90 Å². The van der Waals surface area contributed by atoms with E-state index in [-0.39, 0.29) is 24.3 Å². The molecule has 2 amide bonds. The van der Waals surface area contributed by atoms with E-state index in [9.17, 15) is 9.59 Å². The molecule has 0 bridgehead atoms. The molecule has 0 spiro atoms. The average molecular weight is 480 g/mol. The summed E-state index contributed by atoms with van der Waals surface area (Å²) in [6.45, 7) is 6.42. The third-order valence-electron chi connectivity index (χ3n) is 5.06. The molecule has 0 unspecified atom stereocenters. The van der Waals surface area contributed by atoms with Crippen molar-refractivity contribution in [2.45, 2.75) is 13.5 Å². The highest BCUT2D eigenvalue weighted by Crippen LogP contribution is 2.39. The minimum absolute atomic E-state index is 0.211. The van der Waals surface area contributed by atoms with Crippen molar-refractivity contribution in [2.24, 2.45) is 0 Å². The zero-order valence-corrected chi connectivity index (χ0v) is 19.6. The molecule has 7 heteroatoms. The second-order valence-electron chi connectivity index (χ2n) is 7.27. The number of benzene rings is 3. The van der Waals surface area contributed by atoms with Gasteiger partial charge in [0, 0.05) is 0 Å². The molecule has 1 heterocycles. The fourth-order valence-electron chi connectivity index (χ4n) is 3.60. The Bertz CT molecular complexity index is 1270. The van der Waals surface area contributed by atoms with Crippen molar-refractivity contribution >= 4 is 51.4 Å². The summed E-state index contributed by atoms with van der Waals surface area (Å²) >= 11 is 7.32. The van der Waals surface area contributed by atoms with Crippen LogP contribution in [0.2, 0.25) is 5.02 Å². The Kier molecular flexibility index (Phi) is 7.06. The molecular weight excluding hydrogens is 458 g/mol. The maximum Gasteiger partial charge on any atom is 0.293 e. The van der Waals surface area contributed by atoms with E-state index in [1.54, 1.807) is 24.3 Å². The summed E-state index contributed by atoms with van der Waals surface area (Å²) in [6.07, 6.45) is 3.27. The lowest BCUT2D eigenvalue weighted by Crippen LogP contribution is -2.27. The fourth-order valence-corrected chi connectivity index (χ4v) is 4.72. The van der Waals surface area contributed by atoms with Crippen molar-refractivity contribution in [3.63, 3.8) is 0 Å². The topological polar surface area (TPSA) is 55.8 Å². The molecule has 0 N–H and O–H groups in total. The number of hydrogen-bond donors (Lipinski definition) is 0. The van der Waals surface area contributed by atoms with E-state index < -0.39 is 0 Å². The highest BCUT2D eigenvalue weighted by Gasteiger charge is 2.35. The van der Waals surface area contributed by atoms with Gasteiger partial charge in [0.25, 0.3) is 11.1 Å². The van der Waals surface area contributed by atoms with E-state index in [1.165, 1.54) is 4.90 Å². The lowest BCUT2D eigenvalue weighted by molar-refractivity contribution is -0.123. The minimum atomic E-state index is -0.334. The molecule has 0 atom stereocenters. The van der Waals surface area contributed by atoms with Crippen LogP contribution in [0.25, 0.3) is 16.8 Å². The van der Waals surface area contributed by atoms with Crippen LogP contribution in [0.15, 0.2) is 72.2 Å². The van der Waals surface area contributed by atoms with Gasteiger partial charge in [0.15, 0.2) is 11.5 Å². The lowest BCUT2D eigenvalue weighted by atomic mass is 10.0. The number of amides is 2. The van der Waals surface area contributed by atoms with Crippen LogP contribution >= 0.6 is 23.4 Å². The first-order valence-corrected chi connectivity index (χ1v) is 11.6. The van der Waals surface area contributed by atoms with Crippen molar-refractivity contribution < 1.29 is 19.1 Å². The van der Waals surface area contributed by atoms with Crippen LogP contribution in [0.1, 0.15) is 18.1 Å². The van der Waals surface area contributed by atoms with Gasteiger partial charge in [-0.2, -0.15) is 0 Å². The fraction of sp³-hybridized carbons (Fsp3) is 0.154. The average Bonchev–Trinajstić information content (AvgIpc) is 3.06. The number of rotatable bonds is 8. The number of thioether (sulfide) groups is 1. The zero-order valence-electron chi connectivity index (χ0n) is 18.0. The Balaban J connectivity index is 1.62. The molecule has 168 valence electrons. The van der Waals surface area contributed by atoms with Crippen LogP contribution in [-0.2, 0) is 11.3 Å². The highest BCUT2D eigenvalue weighted by molar-refractivity contribution is 8.18. The lowest BCUT2D eigenvalue weighted by Gasteiger charge is -2.14. The number of nitrogens with zero attached hydrogens (tertiary/aromatic N) is 1. The number of halogens is 1.